The lowest BCUT2D eigenvalue weighted by Crippen LogP contribution is -2.35. The molecule has 2 aromatic rings. The maximum atomic E-state index is 13.0. The second-order valence-corrected chi connectivity index (χ2v) is 6.18. The molecule has 0 radical (unpaired) electrons. The number of urea groups is 1. The summed E-state index contributed by atoms with van der Waals surface area (Å²) in [6, 6.07) is 4.03. The molecular weight excluding hydrogens is 369 g/mol. The number of aliphatic carboxylic acids is 1. The molecule has 12 heteroatoms. The third-order valence-electron chi connectivity index (χ3n) is 4.40. The molecule has 27 heavy (non-hydrogen) atoms. The van der Waals surface area contributed by atoms with Crippen LogP contribution < -0.4 is 5.32 Å². The summed E-state index contributed by atoms with van der Waals surface area (Å²) in [5, 5.41) is 22.3. The van der Waals surface area contributed by atoms with E-state index in [1.807, 2.05) is 0 Å². The van der Waals surface area contributed by atoms with E-state index in [2.05, 4.69) is 20.8 Å². The summed E-state index contributed by atoms with van der Waals surface area (Å²) >= 11 is 0. The normalized spacial score (nSPS) is 19.9. The van der Waals surface area contributed by atoms with Gasteiger partial charge < -0.3 is 15.3 Å². The quantitative estimate of drug-likeness (QED) is 0.833. The number of benzene rings is 1. The molecule has 1 aromatic carbocycles. The molecule has 2 N–H and O–H groups in total. The fraction of sp³-hybridized carbons (Fsp3) is 0.400. The Hall–Kier alpha value is -3.18. The number of tetrazole rings is 1. The molecule has 0 unspecified atom stereocenters. The Balaban J connectivity index is 1.76. The minimum atomic E-state index is -4.70. The topological polar surface area (TPSA) is 113 Å². The van der Waals surface area contributed by atoms with Crippen LogP contribution in [0.15, 0.2) is 24.5 Å². The van der Waals surface area contributed by atoms with E-state index in [9.17, 15) is 22.8 Å². The fourth-order valence-corrected chi connectivity index (χ4v) is 2.96. The van der Waals surface area contributed by atoms with Crippen LogP contribution in [0, 0.1) is 18.8 Å². The summed E-state index contributed by atoms with van der Waals surface area (Å²) in [5.74, 6) is -5.37. The number of carbonyl (C=O) groups excluding carboxylic acids is 1. The van der Waals surface area contributed by atoms with E-state index in [1.54, 1.807) is 25.1 Å². The maximum Gasteiger partial charge on any atom is 0.394 e. The van der Waals surface area contributed by atoms with Crippen LogP contribution in [0.25, 0.3) is 5.69 Å². The molecule has 1 aromatic heterocycles. The molecule has 2 heterocycles. The number of anilines is 1. The van der Waals surface area contributed by atoms with Gasteiger partial charge >= 0.3 is 18.2 Å². The lowest BCUT2D eigenvalue weighted by molar-refractivity contribution is -0.187. The number of nitrogens with one attached hydrogen (secondary N) is 1. The Bertz CT molecular complexity index is 855. The van der Waals surface area contributed by atoms with Crippen molar-refractivity contribution >= 4 is 17.7 Å². The highest BCUT2D eigenvalue weighted by Crippen LogP contribution is 2.38. The Labute approximate surface area is 150 Å². The van der Waals surface area contributed by atoms with Gasteiger partial charge in [0.15, 0.2) is 0 Å². The van der Waals surface area contributed by atoms with E-state index in [4.69, 9.17) is 5.11 Å². The van der Waals surface area contributed by atoms with Gasteiger partial charge in [0, 0.05) is 18.8 Å². The van der Waals surface area contributed by atoms with Gasteiger partial charge in [-0.25, -0.2) is 9.48 Å². The second kappa shape index (κ2) is 6.85. The van der Waals surface area contributed by atoms with Crippen molar-refractivity contribution in [2.45, 2.75) is 13.1 Å². The molecule has 1 aliphatic rings. The molecule has 0 aliphatic carbocycles. The van der Waals surface area contributed by atoms with Crippen LogP contribution >= 0.6 is 0 Å². The number of carbonyl (C=O) groups is 2. The summed E-state index contributed by atoms with van der Waals surface area (Å²) in [5.41, 5.74) is 1.71. The number of aromatic nitrogens is 4. The van der Waals surface area contributed by atoms with Crippen molar-refractivity contribution in [3.63, 3.8) is 0 Å². The first kappa shape index (κ1) is 18.6. The Morgan fingerprint density at radius 1 is 1.30 bits per heavy atom. The van der Waals surface area contributed by atoms with Gasteiger partial charge in [0.25, 0.3) is 0 Å². The minimum absolute atomic E-state index is 0.318. The Kier molecular flexibility index (Phi) is 4.72. The van der Waals surface area contributed by atoms with Gasteiger partial charge in [-0.15, -0.1) is 5.10 Å². The maximum absolute atomic E-state index is 13.0. The first-order valence-electron chi connectivity index (χ1n) is 7.86. The smallest absolute Gasteiger partial charge is 0.394 e. The molecule has 1 saturated heterocycles. The monoisotopic (exact) mass is 384 g/mol. The van der Waals surface area contributed by atoms with Gasteiger partial charge in [-0.3, -0.25) is 4.79 Å². The number of likely N-dealkylation sites (tertiary alicyclic amines) is 1. The van der Waals surface area contributed by atoms with Crippen molar-refractivity contribution in [1.29, 1.82) is 0 Å². The van der Waals surface area contributed by atoms with Crippen LogP contribution in [0.2, 0.25) is 0 Å². The van der Waals surface area contributed by atoms with Crippen molar-refractivity contribution in [1.82, 2.24) is 25.1 Å². The summed E-state index contributed by atoms with van der Waals surface area (Å²) in [4.78, 5) is 24.3. The first-order chi connectivity index (χ1) is 12.7. The van der Waals surface area contributed by atoms with Crippen molar-refractivity contribution in [3.05, 3.63) is 30.1 Å². The highest BCUT2D eigenvalue weighted by atomic mass is 19.4. The molecule has 3 rings (SSSR count). The van der Waals surface area contributed by atoms with E-state index in [1.165, 1.54) is 11.0 Å². The third-order valence-corrected chi connectivity index (χ3v) is 4.40. The number of carboxylic acids is 1. The molecule has 2 atom stereocenters. The zero-order chi connectivity index (χ0) is 19.8. The summed E-state index contributed by atoms with van der Waals surface area (Å²) in [7, 11) is 0. The van der Waals surface area contributed by atoms with Gasteiger partial charge in [-0.2, -0.15) is 13.2 Å². The number of aryl methyl sites for hydroxylation is 1. The number of hydrogen-bond donors (Lipinski definition) is 2. The SMILES string of the molecule is Cc1ccc(NC(=O)N2C[C@@H](C(F)(F)F)[C@H](C(=O)O)C2)cc1-n1cnnn1. The highest BCUT2D eigenvalue weighted by molar-refractivity contribution is 5.90. The summed E-state index contributed by atoms with van der Waals surface area (Å²) in [6.07, 6.45) is -3.34. The molecule has 1 fully saturated rings. The number of nitrogens with zero attached hydrogens (tertiary/aromatic N) is 5. The van der Waals surface area contributed by atoms with E-state index in [0.717, 1.165) is 10.5 Å². The predicted molar refractivity (Wildman–Crippen MR) is 85.2 cm³/mol. The van der Waals surface area contributed by atoms with E-state index >= 15 is 0 Å². The fourth-order valence-electron chi connectivity index (χ4n) is 2.96. The molecule has 0 saturated carbocycles. The molecule has 0 bridgehead atoms. The standard InChI is InChI=1S/C15H15F3N6O3/c1-8-2-3-9(4-12(8)24-7-19-21-22-24)20-14(27)23-5-10(13(25)26)11(6-23)15(16,17)18/h2-4,7,10-11H,5-6H2,1H3,(H,20,27)(H,25,26)/t10-,11-/m1/s1. The van der Waals surface area contributed by atoms with E-state index in [0.29, 0.717) is 11.4 Å². The van der Waals surface area contributed by atoms with Gasteiger partial charge in [-0.1, -0.05) is 6.07 Å². The van der Waals surface area contributed by atoms with Crippen LogP contribution in [0.4, 0.5) is 23.7 Å². The predicted octanol–water partition coefficient (Wildman–Crippen LogP) is 1.70. The average molecular weight is 384 g/mol. The third kappa shape index (κ3) is 3.83. The van der Waals surface area contributed by atoms with Crippen molar-refractivity contribution < 1.29 is 27.9 Å². The minimum Gasteiger partial charge on any atom is -0.481 e. The van der Waals surface area contributed by atoms with Gasteiger partial charge in [0.1, 0.15) is 6.33 Å². The molecular formula is C15H15F3N6O3. The molecule has 9 nitrogen and oxygen atoms in total. The number of carboxylic acid groups (broad SMARTS) is 1. The summed E-state index contributed by atoms with van der Waals surface area (Å²) < 4.78 is 40.5. The van der Waals surface area contributed by atoms with E-state index < -0.39 is 43.1 Å². The average Bonchev–Trinajstić information content (AvgIpc) is 3.25. The first-order valence-corrected chi connectivity index (χ1v) is 7.86. The molecule has 0 spiro atoms. The molecule has 1 aliphatic heterocycles. The van der Waals surface area contributed by atoms with Gasteiger partial charge in [0.2, 0.25) is 0 Å². The van der Waals surface area contributed by atoms with Crippen LogP contribution in [-0.4, -0.2) is 61.5 Å². The van der Waals surface area contributed by atoms with Crippen LogP contribution in [0.1, 0.15) is 5.56 Å². The zero-order valence-electron chi connectivity index (χ0n) is 14.0. The van der Waals surface area contributed by atoms with Gasteiger partial charge in [-0.05, 0) is 35.0 Å². The van der Waals surface area contributed by atoms with Crippen LogP contribution in [0.3, 0.4) is 0 Å². The summed E-state index contributed by atoms with van der Waals surface area (Å²) in [6.45, 7) is 0.573. The molecule has 2 amide bonds. The number of hydrogen-bond acceptors (Lipinski definition) is 5. The largest absolute Gasteiger partial charge is 0.481 e. The zero-order valence-corrected chi connectivity index (χ0v) is 14.0. The lowest BCUT2D eigenvalue weighted by Gasteiger charge is -2.19. The lowest BCUT2D eigenvalue weighted by atomic mass is 9.96. The van der Waals surface area contributed by atoms with Crippen LogP contribution in [0.5, 0.6) is 0 Å². The van der Waals surface area contributed by atoms with Crippen molar-refractivity contribution in [3.8, 4) is 5.69 Å². The highest BCUT2D eigenvalue weighted by Gasteiger charge is 2.53. The Morgan fingerprint density at radius 2 is 2.04 bits per heavy atom. The molecule has 144 valence electrons. The number of alkyl halides is 3. The number of rotatable bonds is 3. The number of amides is 2. The van der Waals surface area contributed by atoms with Crippen molar-refractivity contribution in [2.75, 3.05) is 18.4 Å². The van der Waals surface area contributed by atoms with Gasteiger partial charge in [0.05, 0.1) is 17.5 Å². The van der Waals surface area contributed by atoms with E-state index in [-0.39, 0.29) is 0 Å². The Morgan fingerprint density at radius 3 is 2.59 bits per heavy atom. The van der Waals surface area contributed by atoms with Crippen molar-refractivity contribution in [2.24, 2.45) is 11.8 Å². The second-order valence-electron chi connectivity index (χ2n) is 6.18. The van der Waals surface area contributed by atoms with Crippen LogP contribution in [-0.2, 0) is 4.79 Å². The number of halogens is 3.